The molecule has 0 saturated carbocycles. The van der Waals surface area contributed by atoms with E-state index in [0.29, 0.717) is 5.95 Å². The largest absolute Gasteiger partial charge is 0.367 e. The Morgan fingerprint density at radius 2 is 2.19 bits per heavy atom. The van der Waals surface area contributed by atoms with Gasteiger partial charge in [0.15, 0.2) is 0 Å². The summed E-state index contributed by atoms with van der Waals surface area (Å²) in [4.78, 5) is 4.20. The number of H-pyrrole nitrogens is 1. The van der Waals surface area contributed by atoms with Gasteiger partial charge in [0.1, 0.15) is 5.82 Å². The number of hydrogen-bond donors (Lipinski definition) is 3. The summed E-state index contributed by atoms with van der Waals surface area (Å²) < 4.78 is 0. The minimum atomic E-state index is 0.217. The molecule has 16 heavy (non-hydrogen) atoms. The van der Waals surface area contributed by atoms with Crippen LogP contribution in [0.3, 0.4) is 0 Å². The van der Waals surface area contributed by atoms with Crippen molar-refractivity contribution in [2.24, 2.45) is 0 Å². The molecule has 4 N–H and O–H groups in total. The molecule has 5 nitrogen and oxygen atoms in total. The van der Waals surface area contributed by atoms with Crippen LogP contribution in [0.1, 0.15) is 22.9 Å². The number of fused-ring (bicyclic) bond motifs is 1. The van der Waals surface area contributed by atoms with E-state index in [4.69, 9.17) is 5.73 Å². The molecule has 1 aliphatic heterocycles. The first-order chi connectivity index (χ1) is 7.84. The van der Waals surface area contributed by atoms with Gasteiger partial charge in [0, 0.05) is 13.1 Å². The van der Waals surface area contributed by atoms with Crippen molar-refractivity contribution < 1.29 is 0 Å². The van der Waals surface area contributed by atoms with E-state index >= 15 is 0 Å². The van der Waals surface area contributed by atoms with E-state index in [-0.39, 0.29) is 5.92 Å². The predicted octanol–water partition coefficient (Wildman–Crippen LogP) is 0.622. The van der Waals surface area contributed by atoms with Crippen molar-refractivity contribution in [3.63, 3.8) is 0 Å². The number of anilines is 1. The van der Waals surface area contributed by atoms with Crippen LogP contribution in [0.25, 0.3) is 0 Å². The molecule has 0 spiro atoms. The fraction of sp³-hybridized carbons (Fsp3) is 0.273. The Morgan fingerprint density at radius 3 is 3.00 bits per heavy atom. The molecule has 82 valence electrons. The Labute approximate surface area is 93.1 Å². The van der Waals surface area contributed by atoms with Crippen LogP contribution in [0.4, 0.5) is 5.95 Å². The molecule has 2 heterocycles. The van der Waals surface area contributed by atoms with Gasteiger partial charge in [-0.15, -0.1) is 5.10 Å². The normalized spacial score (nSPS) is 19.4. The molecule has 0 aliphatic carbocycles. The van der Waals surface area contributed by atoms with Crippen molar-refractivity contribution in [1.29, 1.82) is 0 Å². The highest BCUT2D eigenvalue weighted by molar-refractivity contribution is 5.37. The van der Waals surface area contributed by atoms with E-state index in [0.717, 1.165) is 18.9 Å². The minimum absolute atomic E-state index is 0.217. The summed E-state index contributed by atoms with van der Waals surface area (Å²) in [6.07, 6.45) is 0. The van der Waals surface area contributed by atoms with Crippen molar-refractivity contribution in [2.45, 2.75) is 12.5 Å². The molecular weight excluding hydrogens is 202 g/mol. The van der Waals surface area contributed by atoms with Crippen molar-refractivity contribution in [3.05, 3.63) is 41.2 Å². The van der Waals surface area contributed by atoms with E-state index in [1.165, 1.54) is 11.1 Å². The van der Waals surface area contributed by atoms with Gasteiger partial charge < -0.3 is 11.1 Å². The van der Waals surface area contributed by atoms with E-state index in [9.17, 15) is 0 Å². The molecule has 1 unspecified atom stereocenters. The van der Waals surface area contributed by atoms with Crippen LogP contribution in [0.15, 0.2) is 24.3 Å². The Hall–Kier alpha value is -1.88. The fourth-order valence-electron chi connectivity index (χ4n) is 2.18. The minimum Gasteiger partial charge on any atom is -0.367 e. The molecule has 5 heteroatoms. The quantitative estimate of drug-likeness (QED) is 0.651. The molecule has 0 fully saturated rings. The average molecular weight is 215 g/mol. The number of hydrogen-bond acceptors (Lipinski definition) is 4. The maximum Gasteiger partial charge on any atom is 0.239 e. The number of nitrogen functional groups attached to an aromatic ring is 1. The number of benzene rings is 1. The van der Waals surface area contributed by atoms with Gasteiger partial charge in [0.2, 0.25) is 5.95 Å². The molecule has 2 aromatic rings. The summed E-state index contributed by atoms with van der Waals surface area (Å²) >= 11 is 0. The van der Waals surface area contributed by atoms with Gasteiger partial charge in [-0.25, -0.2) is 0 Å². The number of aromatic nitrogens is 3. The SMILES string of the molecule is Nc1n[nH]c(C2CNCc3ccccc32)n1. The molecule has 3 rings (SSSR count). The van der Waals surface area contributed by atoms with Crippen molar-refractivity contribution in [1.82, 2.24) is 20.5 Å². The second kappa shape index (κ2) is 3.61. The smallest absolute Gasteiger partial charge is 0.239 e. The maximum absolute atomic E-state index is 5.53. The van der Waals surface area contributed by atoms with Crippen molar-refractivity contribution in [2.75, 3.05) is 12.3 Å². The van der Waals surface area contributed by atoms with Crippen LogP contribution in [0.2, 0.25) is 0 Å². The molecule has 1 aromatic heterocycles. The van der Waals surface area contributed by atoms with E-state index in [1.807, 2.05) is 0 Å². The second-order valence-corrected chi connectivity index (χ2v) is 3.96. The van der Waals surface area contributed by atoms with E-state index in [1.54, 1.807) is 0 Å². The number of nitrogens with zero attached hydrogens (tertiary/aromatic N) is 2. The number of rotatable bonds is 1. The highest BCUT2D eigenvalue weighted by atomic mass is 15.3. The van der Waals surface area contributed by atoms with Gasteiger partial charge in [0.05, 0.1) is 5.92 Å². The highest BCUT2D eigenvalue weighted by Crippen LogP contribution is 2.27. The summed E-state index contributed by atoms with van der Waals surface area (Å²) in [6.45, 7) is 1.78. The van der Waals surface area contributed by atoms with E-state index < -0.39 is 0 Å². The van der Waals surface area contributed by atoms with Crippen LogP contribution < -0.4 is 11.1 Å². The molecule has 1 atom stereocenters. The van der Waals surface area contributed by atoms with Crippen molar-refractivity contribution >= 4 is 5.95 Å². The van der Waals surface area contributed by atoms with Gasteiger partial charge in [0.25, 0.3) is 0 Å². The zero-order valence-corrected chi connectivity index (χ0v) is 8.77. The summed E-state index contributed by atoms with van der Waals surface area (Å²) in [5, 5.41) is 10.1. The van der Waals surface area contributed by atoms with Gasteiger partial charge in [-0.05, 0) is 11.1 Å². The van der Waals surface area contributed by atoms with Crippen LogP contribution in [0, 0.1) is 0 Å². The molecule has 0 amide bonds. The maximum atomic E-state index is 5.53. The van der Waals surface area contributed by atoms with Gasteiger partial charge in [-0.3, -0.25) is 5.10 Å². The lowest BCUT2D eigenvalue weighted by atomic mass is 9.90. The Kier molecular flexibility index (Phi) is 2.11. The summed E-state index contributed by atoms with van der Waals surface area (Å²) in [6, 6.07) is 8.38. The zero-order chi connectivity index (χ0) is 11.0. The van der Waals surface area contributed by atoms with Crippen LogP contribution >= 0.6 is 0 Å². The molecule has 0 saturated heterocycles. The highest BCUT2D eigenvalue weighted by Gasteiger charge is 2.23. The fourth-order valence-corrected chi connectivity index (χ4v) is 2.18. The molecule has 1 aromatic carbocycles. The van der Waals surface area contributed by atoms with Crippen LogP contribution in [-0.4, -0.2) is 21.7 Å². The first-order valence-corrected chi connectivity index (χ1v) is 5.31. The monoisotopic (exact) mass is 215 g/mol. The Bertz CT molecular complexity index is 505. The summed E-state index contributed by atoms with van der Waals surface area (Å²) in [5.74, 6) is 1.35. The molecule has 0 bridgehead atoms. The molecule has 1 aliphatic rings. The second-order valence-electron chi connectivity index (χ2n) is 3.96. The number of aromatic amines is 1. The van der Waals surface area contributed by atoms with Crippen LogP contribution in [0.5, 0.6) is 0 Å². The number of nitrogens with one attached hydrogen (secondary N) is 2. The predicted molar refractivity (Wildman–Crippen MR) is 60.8 cm³/mol. The zero-order valence-electron chi connectivity index (χ0n) is 8.77. The topological polar surface area (TPSA) is 79.6 Å². The summed E-state index contributed by atoms with van der Waals surface area (Å²) in [5.41, 5.74) is 8.15. The lowest BCUT2D eigenvalue weighted by Crippen LogP contribution is -2.29. The third-order valence-electron chi connectivity index (χ3n) is 2.94. The molecular formula is C11H13N5. The standard InChI is InChI=1S/C11H13N5/c12-11-14-10(15-16-11)9-6-13-5-7-3-1-2-4-8(7)9/h1-4,9,13H,5-6H2,(H3,12,14,15,16). The number of nitrogens with two attached hydrogens (primary N) is 1. The third-order valence-corrected chi connectivity index (χ3v) is 2.94. The van der Waals surface area contributed by atoms with Crippen molar-refractivity contribution in [3.8, 4) is 0 Å². The van der Waals surface area contributed by atoms with E-state index in [2.05, 4.69) is 44.8 Å². The van der Waals surface area contributed by atoms with Gasteiger partial charge >= 0.3 is 0 Å². The van der Waals surface area contributed by atoms with Crippen LogP contribution in [-0.2, 0) is 6.54 Å². The Balaban J connectivity index is 2.04. The molecule has 0 radical (unpaired) electrons. The first-order valence-electron chi connectivity index (χ1n) is 5.31. The first kappa shape index (κ1) is 9.35. The average Bonchev–Trinajstić information content (AvgIpc) is 2.75. The lowest BCUT2D eigenvalue weighted by molar-refractivity contribution is 0.573. The van der Waals surface area contributed by atoms with Gasteiger partial charge in [-0.1, -0.05) is 24.3 Å². The van der Waals surface area contributed by atoms with Gasteiger partial charge in [-0.2, -0.15) is 4.98 Å². The lowest BCUT2D eigenvalue weighted by Gasteiger charge is -2.24. The third kappa shape index (κ3) is 1.45. The Morgan fingerprint density at radius 1 is 1.31 bits per heavy atom. The summed E-state index contributed by atoms with van der Waals surface area (Å²) in [7, 11) is 0.